The molecule has 0 aromatic heterocycles. The van der Waals surface area contributed by atoms with E-state index in [1.165, 1.54) is 12.8 Å². The van der Waals surface area contributed by atoms with Crippen molar-refractivity contribution in [2.45, 2.75) is 57.8 Å². The Morgan fingerprint density at radius 2 is 1.76 bits per heavy atom. The van der Waals surface area contributed by atoms with Crippen LogP contribution in [-0.2, 0) is 9.59 Å². The second-order valence-corrected chi connectivity index (χ2v) is 6.79. The minimum absolute atomic E-state index is 0.159. The molecule has 0 N–H and O–H groups in total. The van der Waals surface area contributed by atoms with Crippen molar-refractivity contribution in [2.24, 2.45) is 22.7 Å². The van der Waals surface area contributed by atoms with E-state index >= 15 is 0 Å². The lowest BCUT2D eigenvalue weighted by molar-refractivity contribution is -0.182. The van der Waals surface area contributed by atoms with Crippen LogP contribution in [0.1, 0.15) is 57.8 Å². The Morgan fingerprint density at radius 1 is 1.00 bits per heavy atom. The van der Waals surface area contributed by atoms with Crippen molar-refractivity contribution in [1.82, 2.24) is 0 Å². The SMILES string of the molecule is O=C1C[C@@]2(C(=O)C3CCC2C3)C12CCCCC2. The molecule has 4 rings (SSSR count). The van der Waals surface area contributed by atoms with Gasteiger partial charge in [-0.2, -0.15) is 0 Å². The number of carbonyl (C=O) groups excluding carboxylic acids is 2. The lowest BCUT2D eigenvalue weighted by atomic mass is 9.39. The molecule has 3 atom stereocenters. The van der Waals surface area contributed by atoms with Crippen LogP contribution in [0.15, 0.2) is 0 Å². The topological polar surface area (TPSA) is 34.1 Å². The summed E-state index contributed by atoms with van der Waals surface area (Å²) in [5.74, 6) is 1.82. The summed E-state index contributed by atoms with van der Waals surface area (Å²) in [7, 11) is 0. The standard InChI is InChI=1S/C15H20O2/c16-12-9-15(14(12)6-2-1-3-7-14)11-5-4-10(8-11)13(15)17/h10-11H,1-9H2/t10?,11?,15-/m1/s1. The van der Waals surface area contributed by atoms with Gasteiger partial charge in [-0.25, -0.2) is 0 Å². The van der Waals surface area contributed by atoms with Crippen LogP contribution < -0.4 is 0 Å². The molecule has 0 amide bonds. The van der Waals surface area contributed by atoms with Crippen molar-refractivity contribution < 1.29 is 9.59 Å². The van der Waals surface area contributed by atoms with Crippen LogP contribution in [0.25, 0.3) is 0 Å². The van der Waals surface area contributed by atoms with Gasteiger partial charge in [0.1, 0.15) is 11.6 Å². The largest absolute Gasteiger partial charge is 0.299 e. The van der Waals surface area contributed by atoms with Gasteiger partial charge in [-0.3, -0.25) is 9.59 Å². The number of carbonyl (C=O) groups is 2. The van der Waals surface area contributed by atoms with E-state index in [9.17, 15) is 9.59 Å². The van der Waals surface area contributed by atoms with Gasteiger partial charge >= 0.3 is 0 Å². The Labute approximate surface area is 102 Å². The number of fused-ring (bicyclic) bond motifs is 4. The van der Waals surface area contributed by atoms with E-state index in [-0.39, 0.29) is 10.8 Å². The predicted molar refractivity (Wildman–Crippen MR) is 63.4 cm³/mol. The first-order valence-corrected chi connectivity index (χ1v) is 7.28. The monoisotopic (exact) mass is 232 g/mol. The summed E-state index contributed by atoms with van der Waals surface area (Å²) in [5.41, 5.74) is -0.338. The van der Waals surface area contributed by atoms with Gasteiger partial charge in [0.25, 0.3) is 0 Å². The highest BCUT2D eigenvalue weighted by Crippen LogP contribution is 2.72. The zero-order chi connectivity index (χ0) is 11.7. The summed E-state index contributed by atoms with van der Waals surface area (Å²) in [6, 6.07) is 0. The summed E-state index contributed by atoms with van der Waals surface area (Å²) < 4.78 is 0. The van der Waals surface area contributed by atoms with Gasteiger partial charge in [-0.15, -0.1) is 0 Å². The van der Waals surface area contributed by atoms with Gasteiger partial charge in [0.15, 0.2) is 0 Å². The molecule has 0 saturated heterocycles. The van der Waals surface area contributed by atoms with Crippen LogP contribution in [-0.4, -0.2) is 11.6 Å². The molecular weight excluding hydrogens is 212 g/mol. The smallest absolute Gasteiger partial charge is 0.143 e. The molecule has 0 heterocycles. The number of rotatable bonds is 0. The second kappa shape index (κ2) is 3.02. The Balaban J connectivity index is 1.79. The molecule has 4 aliphatic carbocycles. The quantitative estimate of drug-likeness (QED) is 0.643. The third-order valence-electron chi connectivity index (χ3n) is 6.47. The van der Waals surface area contributed by atoms with E-state index in [1.54, 1.807) is 0 Å². The Hall–Kier alpha value is -0.660. The first-order chi connectivity index (χ1) is 8.21. The van der Waals surface area contributed by atoms with E-state index in [4.69, 9.17) is 0 Å². The van der Waals surface area contributed by atoms with E-state index in [2.05, 4.69) is 0 Å². The van der Waals surface area contributed by atoms with Gasteiger partial charge in [-0.05, 0) is 38.0 Å². The van der Waals surface area contributed by atoms with Crippen molar-refractivity contribution >= 4 is 11.6 Å². The molecule has 0 aromatic rings. The number of Topliss-reactive ketones (excluding diaryl/α,β-unsaturated/α-hetero) is 2. The zero-order valence-corrected chi connectivity index (χ0v) is 10.3. The highest BCUT2D eigenvalue weighted by Gasteiger charge is 2.75. The third-order valence-corrected chi connectivity index (χ3v) is 6.47. The number of hydrogen-bond acceptors (Lipinski definition) is 2. The lowest BCUT2D eigenvalue weighted by Gasteiger charge is -2.60. The molecule has 0 aromatic carbocycles. The van der Waals surface area contributed by atoms with Gasteiger partial charge in [0, 0.05) is 17.8 Å². The number of hydrogen-bond donors (Lipinski definition) is 0. The van der Waals surface area contributed by atoms with Crippen molar-refractivity contribution in [1.29, 1.82) is 0 Å². The van der Waals surface area contributed by atoms with E-state index in [1.807, 2.05) is 0 Å². The average Bonchev–Trinajstić information content (AvgIpc) is 2.93. The molecule has 2 unspecified atom stereocenters. The molecule has 4 saturated carbocycles. The molecule has 2 heteroatoms. The van der Waals surface area contributed by atoms with Gasteiger partial charge in [0.05, 0.1) is 5.41 Å². The Bertz CT molecular complexity index is 405. The van der Waals surface area contributed by atoms with Crippen LogP contribution in [0.5, 0.6) is 0 Å². The Morgan fingerprint density at radius 3 is 2.35 bits per heavy atom. The zero-order valence-electron chi connectivity index (χ0n) is 10.3. The van der Waals surface area contributed by atoms with Crippen LogP contribution in [0.2, 0.25) is 0 Å². The van der Waals surface area contributed by atoms with E-state index in [0.29, 0.717) is 29.8 Å². The van der Waals surface area contributed by atoms with Gasteiger partial charge < -0.3 is 0 Å². The molecule has 17 heavy (non-hydrogen) atoms. The predicted octanol–water partition coefficient (Wildman–Crippen LogP) is 2.90. The van der Waals surface area contributed by atoms with Gasteiger partial charge in [-0.1, -0.05) is 19.3 Å². The lowest BCUT2D eigenvalue weighted by Crippen LogP contribution is -2.65. The van der Waals surface area contributed by atoms with Crippen LogP contribution >= 0.6 is 0 Å². The third kappa shape index (κ3) is 0.924. The fraction of sp³-hybridized carbons (Fsp3) is 0.867. The van der Waals surface area contributed by atoms with Crippen LogP contribution in [0.3, 0.4) is 0 Å². The Kier molecular flexibility index (Phi) is 1.82. The van der Waals surface area contributed by atoms with Crippen LogP contribution in [0, 0.1) is 22.7 Å². The summed E-state index contributed by atoms with van der Waals surface area (Å²) in [5, 5.41) is 0. The maximum absolute atomic E-state index is 12.6. The number of ketones is 2. The molecule has 2 bridgehead atoms. The summed E-state index contributed by atoms with van der Waals surface area (Å²) in [6.45, 7) is 0. The van der Waals surface area contributed by atoms with E-state index < -0.39 is 0 Å². The molecule has 2 spiro atoms. The summed E-state index contributed by atoms with van der Waals surface area (Å²) in [6.07, 6.45) is 9.65. The highest BCUT2D eigenvalue weighted by molar-refractivity contribution is 6.07. The van der Waals surface area contributed by atoms with Crippen molar-refractivity contribution in [2.75, 3.05) is 0 Å². The normalized spacial score (nSPS) is 46.8. The first-order valence-electron chi connectivity index (χ1n) is 7.28. The summed E-state index contributed by atoms with van der Waals surface area (Å²) in [4.78, 5) is 24.9. The van der Waals surface area contributed by atoms with Crippen LogP contribution in [0.4, 0.5) is 0 Å². The molecular formula is C15H20O2. The molecule has 0 aliphatic heterocycles. The summed E-state index contributed by atoms with van der Waals surface area (Å²) >= 11 is 0. The maximum atomic E-state index is 12.6. The highest BCUT2D eigenvalue weighted by atomic mass is 16.1. The first kappa shape index (κ1) is 10.3. The minimum atomic E-state index is -0.178. The maximum Gasteiger partial charge on any atom is 0.143 e. The minimum Gasteiger partial charge on any atom is -0.299 e. The van der Waals surface area contributed by atoms with Crippen molar-refractivity contribution in [3.05, 3.63) is 0 Å². The fourth-order valence-electron chi connectivity index (χ4n) is 5.70. The molecule has 2 nitrogen and oxygen atoms in total. The fourth-order valence-corrected chi connectivity index (χ4v) is 5.70. The molecule has 4 aliphatic rings. The second-order valence-electron chi connectivity index (χ2n) is 6.79. The average molecular weight is 232 g/mol. The van der Waals surface area contributed by atoms with Gasteiger partial charge in [0.2, 0.25) is 0 Å². The van der Waals surface area contributed by atoms with E-state index in [0.717, 1.165) is 38.5 Å². The van der Waals surface area contributed by atoms with Crippen molar-refractivity contribution in [3.8, 4) is 0 Å². The molecule has 92 valence electrons. The molecule has 4 fully saturated rings. The molecule has 0 radical (unpaired) electrons. The van der Waals surface area contributed by atoms with Crippen molar-refractivity contribution in [3.63, 3.8) is 0 Å².